The van der Waals surface area contributed by atoms with Crippen LogP contribution in [-0.2, 0) is 9.47 Å². The minimum Gasteiger partial charge on any atom is -0.393 e. The van der Waals surface area contributed by atoms with Gasteiger partial charge in [0.2, 0.25) is 0 Å². The van der Waals surface area contributed by atoms with E-state index < -0.39 is 5.79 Å². The van der Waals surface area contributed by atoms with Gasteiger partial charge in [0, 0.05) is 5.92 Å². The van der Waals surface area contributed by atoms with Crippen LogP contribution in [0.5, 0.6) is 0 Å². The molecule has 1 rings (SSSR count). The van der Waals surface area contributed by atoms with Crippen LogP contribution in [0.1, 0.15) is 26.7 Å². The third-order valence-corrected chi connectivity index (χ3v) is 2.50. The van der Waals surface area contributed by atoms with Crippen LogP contribution in [0, 0.1) is 5.92 Å². The number of aliphatic hydroxyl groups is 1. The highest BCUT2D eigenvalue weighted by Crippen LogP contribution is 2.23. The fourth-order valence-electron chi connectivity index (χ4n) is 1.45. The second-order valence-corrected chi connectivity index (χ2v) is 4.22. The van der Waals surface area contributed by atoms with Crippen LogP contribution in [0.3, 0.4) is 0 Å². The van der Waals surface area contributed by atoms with Crippen molar-refractivity contribution >= 4 is 0 Å². The molecule has 1 fully saturated rings. The Hall–Kier alpha value is -0.380. The van der Waals surface area contributed by atoms with Gasteiger partial charge in [-0.25, -0.2) is 0 Å². The predicted octanol–water partition coefficient (Wildman–Crippen LogP) is 1.71. The first-order valence-corrected chi connectivity index (χ1v) is 5.12. The summed E-state index contributed by atoms with van der Waals surface area (Å²) in [4.78, 5) is 0. The lowest BCUT2D eigenvalue weighted by Gasteiger charge is -2.36. The summed E-state index contributed by atoms with van der Waals surface area (Å²) < 4.78 is 10.9. The van der Waals surface area contributed by atoms with Gasteiger partial charge >= 0.3 is 0 Å². The van der Waals surface area contributed by atoms with E-state index in [4.69, 9.17) is 9.47 Å². The van der Waals surface area contributed by atoms with E-state index in [2.05, 4.69) is 6.58 Å². The first-order chi connectivity index (χ1) is 6.55. The molecule has 3 heteroatoms. The van der Waals surface area contributed by atoms with Crippen molar-refractivity contribution in [3.05, 3.63) is 12.7 Å². The first kappa shape index (κ1) is 11.7. The number of allylic oxidation sites excluding steroid dienone is 1. The Morgan fingerprint density at radius 3 is 2.57 bits per heavy atom. The summed E-state index contributed by atoms with van der Waals surface area (Å²) in [6.45, 7) is 8.55. The van der Waals surface area contributed by atoms with E-state index in [-0.39, 0.29) is 12.0 Å². The zero-order chi connectivity index (χ0) is 10.6. The zero-order valence-electron chi connectivity index (χ0n) is 9.03. The Morgan fingerprint density at radius 1 is 1.50 bits per heavy atom. The van der Waals surface area contributed by atoms with Crippen molar-refractivity contribution in [2.75, 3.05) is 13.2 Å². The molecule has 0 aliphatic carbocycles. The maximum absolute atomic E-state index is 9.77. The quantitative estimate of drug-likeness (QED) is 0.702. The smallest absolute Gasteiger partial charge is 0.162 e. The average molecular weight is 200 g/mol. The lowest BCUT2D eigenvalue weighted by Crippen LogP contribution is -2.43. The van der Waals surface area contributed by atoms with Gasteiger partial charge in [0.1, 0.15) is 0 Å². The number of aliphatic hydroxyl groups excluding tert-OH is 1. The molecule has 1 N–H and O–H groups in total. The molecule has 1 atom stereocenters. The fourth-order valence-corrected chi connectivity index (χ4v) is 1.45. The van der Waals surface area contributed by atoms with E-state index in [1.54, 1.807) is 0 Å². The number of hydrogen-bond donors (Lipinski definition) is 1. The van der Waals surface area contributed by atoms with Crippen molar-refractivity contribution in [1.82, 2.24) is 0 Å². The van der Waals surface area contributed by atoms with Crippen LogP contribution in [-0.4, -0.2) is 30.2 Å². The molecule has 3 nitrogen and oxygen atoms in total. The summed E-state index contributed by atoms with van der Waals surface area (Å²) in [6, 6.07) is 0. The molecule has 1 saturated heterocycles. The van der Waals surface area contributed by atoms with Crippen LogP contribution >= 0.6 is 0 Å². The molecule has 0 bridgehead atoms. The second-order valence-electron chi connectivity index (χ2n) is 4.22. The largest absolute Gasteiger partial charge is 0.393 e. The van der Waals surface area contributed by atoms with Gasteiger partial charge in [-0.2, -0.15) is 0 Å². The lowest BCUT2D eigenvalue weighted by atomic mass is 9.99. The van der Waals surface area contributed by atoms with Crippen LogP contribution < -0.4 is 0 Å². The molecule has 0 aromatic rings. The molecule has 0 spiro atoms. The van der Waals surface area contributed by atoms with Gasteiger partial charge in [-0.3, -0.25) is 0 Å². The molecule has 0 saturated carbocycles. The molecule has 0 amide bonds. The number of ether oxygens (including phenoxy) is 2. The van der Waals surface area contributed by atoms with Crippen molar-refractivity contribution in [2.45, 2.75) is 38.6 Å². The molecule has 1 heterocycles. The van der Waals surface area contributed by atoms with Crippen molar-refractivity contribution in [2.24, 2.45) is 5.92 Å². The molecular weight excluding hydrogens is 180 g/mol. The molecule has 1 aliphatic rings. The summed E-state index contributed by atoms with van der Waals surface area (Å²) in [5.74, 6) is -0.391. The van der Waals surface area contributed by atoms with Crippen molar-refractivity contribution in [1.29, 1.82) is 0 Å². The molecule has 14 heavy (non-hydrogen) atoms. The van der Waals surface area contributed by atoms with Crippen LogP contribution in [0.25, 0.3) is 0 Å². The van der Waals surface area contributed by atoms with Gasteiger partial charge in [0.15, 0.2) is 5.79 Å². The van der Waals surface area contributed by atoms with Crippen LogP contribution in [0.15, 0.2) is 12.7 Å². The fraction of sp³-hybridized carbons (Fsp3) is 0.818. The maximum atomic E-state index is 9.77. The summed E-state index contributed by atoms with van der Waals surface area (Å²) in [5, 5.41) is 9.77. The van der Waals surface area contributed by atoms with Gasteiger partial charge in [-0.1, -0.05) is 6.08 Å². The average Bonchev–Trinajstić information content (AvgIpc) is 2.14. The highest BCUT2D eigenvalue weighted by atomic mass is 16.7. The van der Waals surface area contributed by atoms with E-state index in [9.17, 15) is 5.11 Å². The topological polar surface area (TPSA) is 38.7 Å². The number of rotatable bonds is 4. The van der Waals surface area contributed by atoms with Crippen molar-refractivity contribution in [3.63, 3.8) is 0 Å². The first-order valence-electron chi connectivity index (χ1n) is 5.12. The molecule has 82 valence electrons. The monoisotopic (exact) mass is 200 g/mol. The molecule has 0 aromatic heterocycles. The minimum atomic E-state index is -0.491. The Labute approximate surface area is 85.7 Å². The predicted molar refractivity (Wildman–Crippen MR) is 54.9 cm³/mol. The lowest BCUT2D eigenvalue weighted by molar-refractivity contribution is -0.271. The van der Waals surface area contributed by atoms with Gasteiger partial charge in [-0.05, 0) is 26.7 Å². The van der Waals surface area contributed by atoms with E-state index in [0.717, 1.165) is 12.8 Å². The van der Waals surface area contributed by atoms with E-state index in [1.807, 2.05) is 19.9 Å². The third kappa shape index (κ3) is 3.40. The van der Waals surface area contributed by atoms with E-state index >= 15 is 0 Å². The second kappa shape index (κ2) is 4.91. The summed E-state index contributed by atoms with van der Waals surface area (Å²) in [7, 11) is 0. The van der Waals surface area contributed by atoms with Gasteiger partial charge < -0.3 is 14.6 Å². The minimum absolute atomic E-state index is 0.1000. The van der Waals surface area contributed by atoms with Gasteiger partial charge in [0.05, 0.1) is 19.3 Å². The Kier molecular flexibility index (Phi) is 4.11. The molecule has 0 aromatic carbocycles. The zero-order valence-corrected chi connectivity index (χ0v) is 9.03. The Morgan fingerprint density at radius 2 is 2.07 bits per heavy atom. The van der Waals surface area contributed by atoms with Crippen LogP contribution in [0.4, 0.5) is 0 Å². The maximum Gasteiger partial charge on any atom is 0.162 e. The van der Waals surface area contributed by atoms with Crippen LogP contribution in [0.2, 0.25) is 0 Å². The van der Waals surface area contributed by atoms with Crippen molar-refractivity contribution < 1.29 is 14.6 Å². The number of hydrogen-bond acceptors (Lipinski definition) is 3. The molecular formula is C11H20O3. The molecule has 0 radical (unpaired) electrons. The van der Waals surface area contributed by atoms with E-state index in [0.29, 0.717) is 13.2 Å². The van der Waals surface area contributed by atoms with E-state index in [1.165, 1.54) is 0 Å². The van der Waals surface area contributed by atoms with Gasteiger partial charge in [-0.15, -0.1) is 6.58 Å². The Balaban J connectivity index is 2.30. The summed E-state index contributed by atoms with van der Waals surface area (Å²) >= 11 is 0. The SMILES string of the molecule is C=CCCC(O)C1COC(C)(C)OC1. The highest BCUT2D eigenvalue weighted by molar-refractivity contribution is 4.77. The van der Waals surface area contributed by atoms with Gasteiger partial charge in [0.25, 0.3) is 0 Å². The highest BCUT2D eigenvalue weighted by Gasteiger charge is 2.31. The Bertz CT molecular complexity index is 179. The standard InChI is InChI=1S/C11H20O3/c1-4-5-6-10(12)9-7-13-11(2,3)14-8-9/h4,9-10,12H,1,5-8H2,2-3H3. The summed E-state index contributed by atoms with van der Waals surface area (Å²) in [5.41, 5.74) is 0. The molecule has 1 unspecified atom stereocenters. The normalized spacial score (nSPS) is 24.5. The third-order valence-electron chi connectivity index (χ3n) is 2.50. The van der Waals surface area contributed by atoms with Crippen molar-refractivity contribution in [3.8, 4) is 0 Å². The summed E-state index contributed by atoms with van der Waals surface area (Å²) in [6.07, 6.45) is 3.05. The molecule has 1 aliphatic heterocycles.